The van der Waals surface area contributed by atoms with Gasteiger partial charge in [-0.05, 0) is 45.4 Å². The van der Waals surface area contributed by atoms with Gasteiger partial charge in [0.15, 0.2) is 0 Å². The van der Waals surface area contributed by atoms with Crippen molar-refractivity contribution >= 4 is 5.91 Å². The summed E-state index contributed by atoms with van der Waals surface area (Å²) in [6.07, 6.45) is 2.97. The second kappa shape index (κ2) is 13.8. The summed E-state index contributed by atoms with van der Waals surface area (Å²) >= 11 is 0. The number of ether oxygens (including phenoxy) is 3. The Hall–Kier alpha value is -1.43. The number of carbonyl (C=O) groups excluding carboxylic acids is 1. The minimum atomic E-state index is -0.559. The van der Waals surface area contributed by atoms with E-state index in [0.717, 1.165) is 17.6 Å². The average Bonchev–Trinajstić information content (AvgIpc) is 2.59. The number of hydrogen-bond donors (Lipinski definition) is 1. The van der Waals surface area contributed by atoms with Gasteiger partial charge in [0.1, 0.15) is 0 Å². The molecular weight excluding hydrogens is 378 g/mol. The first-order chi connectivity index (χ1) is 13.8. The third-order valence-electron chi connectivity index (χ3n) is 5.10. The van der Waals surface area contributed by atoms with Crippen molar-refractivity contribution < 1.29 is 19.0 Å². The Kier molecular flexibility index (Phi) is 13.1. The van der Waals surface area contributed by atoms with E-state index in [1.807, 2.05) is 40.7 Å². The van der Waals surface area contributed by atoms with Crippen molar-refractivity contribution in [1.82, 2.24) is 5.32 Å². The van der Waals surface area contributed by atoms with Gasteiger partial charge in [-0.1, -0.05) is 51.2 Å². The van der Waals surface area contributed by atoms with Crippen molar-refractivity contribution in [1.29, 1.82) is 0 Å². The standard InChI is InChI=1S/C25H45NO4/c1-11-21(6)16-29-18-22(17-28-15-19(2)3)26-23(27)14-25(9,10)30-13-12-24(7,8)20(4)5/h11,21-22H,1-2,4,12-18H2,3,5-10H3,(H,26,27). The zero-order valence-corrected chi connectivity index (χ0v) is 20.4. The first kappa shape index (κ1) is 28.6. The molecule has 0 fully saturated rings. The highest BCUT2D eigenvalue weighted by atomic mass is 16.5. The average molecular weight is 424 g/mol. The topological polar surface area (TPSA) is 56.8 Å². The molecular formula is C25H45NO4. The molecule has 0 aromatic carbocycles. The van der Waals surface area contributed by atoms with E-state index < -0.39 is 5.60 Å². The molecule has 0 saturated carbocycles. The Morgan fingerprint density at radius 2 is 1.67 bits per heavy atom. The highest BCUT2D eigenvalue weighted by Crippen LogP contribution is 2.29. The summed E-state index contributed by atoms with van der Waals surface area (Å²) in [5.74, 6) is 0.178. The fourth-order valence-corrected chi connectivity index (χ4v) is 2.48. The quantitative estimate of drug-likeness (QED) is 0.332. The van der Waals surface area contributed by atoms with Gasteiger partial charge < -0.3 is 19.5 Å². The van der Waals surface area contributed by atoms with Crippen molar-refractivity contribution in [2.75, 3.05) is 33.0 Å². The molecule has 1 amide bonds. The Labute approximate surface area is 184 Å². The van der Waals surface area contributed by atoms with Gasteiger partial charge in [-0.3, -0.25) is 4.79 Å². The van der Waals surface area contributed by atoms with Crippen molar-refractivity contribution in [2.45, 2.75) is 73.0 Å². The van der Waals surface area contributed by atoms with Gasteiger partial charge in [0.05, 0.1) is 44.5 Å². The zero-order chi connectivity index (χ0) is 23.4. The summed E-state index contributed by atoms with van der Waals surface area (Å²) in [6.45, 7) is 28.2. The molecule has 0 bridgehead atoms. The molecule has 2 unspecified atom stereocenters. The summed E-state index contributed by atoms with van der Waals surface area (Å²) in [4.78, 5) is 12.6. The van der Waals surface area contributed by atoms with E-state index >= 15 is 0 Å². The maximum Gasteiger partial charge on any atom is 0.223 e. The lowest BCUT2D eigenvalue weighted by Gasteiger charge is -2.30. The highest BCUT2D eigenvalue weighted by Gasteiger charge is 2.26. The Balaban J connectivity index is 4.63. The Morgan fingerprint density at radius 3 is 2.20 bits per heavy atom. The van der Waals surface area contributed by atoms with Gasteiger partial charge in [-0.2, -0.15) is 0 Å². The minimum Gasteiger partial charge on any atom is -0.379 e. The van der Waals surface area contributed by atoms with Crippen LogP contribution in [-0.2, 0) is 19.0 Å². The lowest BCUT2D eigenvalue weighted by atomic mass is 9.83. The van der Waals surface area contributed by atoms with Crippen molar-refractivity contribution in [3.05, 3.63) is 37.0 Å². The van der Waals surface area contributed by atoms with Crippen LogP contribution in [0, 0.1) is 11.3 Å². The monoisotopic (exact) mass is 423 g/mol. The lowest BCUT2D eigenvalue weighted by molar-refractivity contribution is -0.129. The molecule has 0 aromatic heterocycles. The second-order valence-corrected chi connectivity index (χ2v) is 9.69. The summed E-state index contributed by atoms with van der Waals surface area (Å²) in [5, 5.41) is 3.02. The predicted molar refractivity (Wildman–Crippen MR) is 126 cm³/mol. The Bertz CT molecular complexity index is 565. The molecule has 0 aliphatic heterocycles. The first-order valence-electron chi connectivity index (χ1n) is 10.8. The van der Waals surface area contributed by atoms with E-state index in [2.05, 4.69) is 38.9 Å². The van der Waals surface area contributed by atoms with Gasteiger partial charge >= 0.3 is 0 Å². The molecule has 5 nitrogen and oxygen atoms in total. The second-order valence-electron chi connectivity index (χ2n) is 9.69. The predicted octanol–water partition coefficient (Wildman–Crippen LogP) is 5.08. The fourth-order valence-electron chi connectivity index (χ4n) is 2.48. The third kappa shape index (κ3) is 13.7. The van der Waals surface area contributed by atoms with Crippen LogP contribution in [0.3, 0.4) is 0 Å². The molecule has 0 aliphatic rings. The number of carbonyl (C=O) groups is 1. The first-order valence-corrected chi connectivity index (χ1v) is 10.8. The van der Waals surface area contributed by atoms with Gasteiger partial charge in [0.2, 0.25) is 5.91 Å². The molecule has 5 heteroatoms. The molecule has 30 heavy (non-hydrogen) atoms. The zero-order valence-electron chi connectivity index (χ0n) is 20.4. The van der Waals surface area contributed by atoms with Crippen LogP contribution >= 0.6 is 0 Å². The normalized spacial score (nSPS) is 14.1. The Morgan fingerprint density at radius 1 is 1.07 bits per heavy atom. The number of allylic oxidation sites excluding steroid dienone is 1. The summed E-state index contributed by atoms with van der Waals surface area (Å²) in [7, 11) is 0. The highest BCUT2D eigenvalue weighted by molar-refractivity contribution is 5.77. The maximum atomic E-state index is 12.6. The van der Waals surface area contributed by atoms with Gasteiger partial charge in [0, 0.05) is 6.61 Å². The summed E-state index contributed by atoms with van der Waals surface area (Å²) < 4.78 is 17.4. The smallest absolute Gasteiger partial charge is 0.223 e. The van der Waals surface area contributed by atoms with E-state index in [4.69, 9.17) is 14.2 Å². The molecule has 0 rings (SSSR count). The molecule has 2 atom stereocenters. The molecule has 0 spiro atoms. The van der Waals surface area contributed by atoms with Gasteiger partial charge in [-0.15, -0.1) is 6.58 Å². The lowest BCUT2D eigenvalue weighted by Crippen LogP contribution is -2.44. The molecule has 174 valence electrons. The van der Waals surface area contributed by atoms with Crippen LogP contribution in [0.15, 0.2) is 37.0 Å². The molecule has 1 N–H and O–H groups in total. The van der Waals surface area contributed by atoms with Crippen molar-refractivity contribution in [3.8, 4) is 0 Å². The molecule has 0 aromatic rings. The maximum absolute atomic E-state index is 12.6. The number of amides is 1. The summed E-state index contributed by atoms with van der Waals surface area (Å²) in [5.41, 5.74) is 1.53. The largest absolute Gasteiger partial charge is 0.379 e. The van der Waals surface area contributed by atoms with E-state index in [-0.39, 0.29) is 29.7 Å². The van der Waals surface area contributed by atoms with E-state index in [9.17, 15) is 4.79 Å². The van der Waals surface area contributed by atoms with Gasteiger partial charge in [-0.25, -0.2) is 0 Å². The molecule has 0 saturated heterocycles. The van der Waals surface area contributed by atoms with E-state index in [1.165, 1.54) is 0 Å². The molecule has 0 radical (unpaired) electrons. The number of rotatable bonds is 17. The van der Waals surface area contributed by atoms with Crippen LogP contribution in [-0.4, -0.2) is 50.6 Å². The van der Waals surface area contributed by atoms with Crippen LogP contribution in [0.5, 0.6) is 0 Å². The minimum absolute atomic E-state index is 0.0178. The third-order valence-corrected chi connectivity index (χ3v) is 5.10. The van der Waals surface area contributed by atoms with Crippen molar-refractivity contribution in [2.24, 2.45) is 11.3 Å². The fraction of sp³-hybridized carbons (Fsp3) is 0.720. The van der Waals surface area contributed by atoms with Crippen LogP contribution in [0.4, 0.5) is 0 Å². The number of nitrogens with one attached hydrogen (secondary N) is 1. The van der Waals surface area contributed by atoms with E-state index in [0.29, 0.717) is 33.0 Å². The SMILES string of the molecule is C=CC(C)COCC(COCC(=C)C)NC(=O)CC(C)(C)OCCC(C)(C)C(=C)C. The summed E-state index contributed by atoms with van der Waals surface area (Å²) in [6, 6.07) is -0.230. The number of hydrogen-bond acceptors (Lipinski definition) is 4. The van der Waals surface area contributed by atoms with Gasteiger partial charge in [0.25, 0.3) is 0 Å². The van der Waals surface area contributed by atoms with Crippen molar-refractivity contribution in [3.63, 3.8) is 0 Å². The molecule has 0 aliphatic carbocycles. The van der Waals surface area contributed by atoms with Crippen LogP contribution in [0.2, 0.25) is 0 Å². The van der Waals surface area contributed by atoms with Crippen LogP contribution in [0.25, 0.3) is 0 Å². The molecule has 0 heterocycles. The van der Waals surface area contributed by atoms with Crippen LogP contribution < -0.4 is 5.32 Å². The van der Waals surface area contributed by atoms with E-state index in [1.54, 1.807) is 0 Å². The van der Waals surface area contributed by atoms with Crippen LogP contribution in [0.1, 0.15) is 61.3 Å².